The van der Waals surface area contributed by atoms with Crippen LogP contribution in [0.5, 0.6) is 0 Å². The Hall–Kier alpha value is -2.69. The first-order valence-electron chi connectivity index (χ1n) is 10.1. The zero-order chi connectivity index (χ0) is 21.4. The third-order valence-corrected chi connectivity index (χ3v) is 5.92. The highest BCUT2D eigenvalue weighted by atomic mass is 19.2. The van der Waals surface area contributed by atoms with Crippen molar-refractivity contribution in [3.8, 4) is 11.1 Å². The second kappa shape index (κ2) is 8.21. The van der Waals surface area contributed by atoms with E-state index in [1.807, 2.05) is 24.3 Å². The molecule has 1 atom stereocenters. The molecule has 1 unspecified atom stereocenters. The minimum atomic E-state index is -1.36. The number of aryl methyl sites for hydroxylation is 1. The zero-order valence-electron chi connectivity index (χ0n) is 16.5. The molecule has 0 aromatic heterocycles. The Kier molecular flexibility index (Phi) is 5.63. The summed E-state index contributed by atoms with van der Waals surface area (Å²) in [5, 5.41) is 0. The van der Waals surface area contributed by atoms with Gasteiger partial charge in [-0.15, -0.1) is 0 Å². The van der Waals surface area contributed by atoms with Crippen LogP contribution in [0.25, 0.3) is 11.1 Å². The van der Waals surface area contributed by atoms with Crippen LogP contribution in [0.2, 0.25) is 0 Å². The van der Waals surface area contributed by atoms with Crippen molar-refractivity contribution >= 4 is 0 Å². The van der Waals surface area contributed by atoms with E-state index in [0.29, 0.717) is 12.5 Å². The molecule has 0 fully saturated rings. The number of rotatable bonds is 4. The largest absolute Gasteiger partial charge is 0.206 e. The summed E-state index contributed by atoms with van der Waals surface area (Å²) in [7, 11) is 0. The molecule has 0 amide bonds. The van der Waals surface area contributed by atoms with E-state index in [2.05, 4.69) is 6.92 Å². The Morgan fingerprint density at radius 1 is 0.800 bits per heavy atom. The third kappa shape index (κ3) is 3.62. The van der Waals surface area contributed by atoms with Crippen LogP contribution in [0.15, 0.2) is 42.5 Å². The van der Waals surface area contributed by atoms with Gasteiger partial charge >= 0.3 is 0 Å². The number of fused-ring (bicyclic) bond motifs is 1. The van der Waals surface area contributed by atoms with Crippen LogP contribution >= 0.6 is 0 Å². The molecule has 30 heavy (non-hydrogen) atoms. The van der Waals surface area contributed by atoms with Gasteiger partial charge in [-0.05, 0) is 71.6 Å². The summed E-state index contributed by atoms with van der Waals surface area (Å²) in [6.07, 6.45) is 3.06. The lowest BCUT2D eigenvalue weighted by molar-refractivity contribution is 0.458. The SMILES string of the molecule is CCCc1ccc(C2CCc3c(F)c(-c4ccc(F)c(F)c4)c(F)c(F)c3C2)cc1. The van der Waals surface area contributed by atoms with Crippen molar-refractivity contribution in [2.75, 3.05) is 0 Å². The van der Waals surface area contributed by atoms with E-state index in [1.165, 1.54) is 5.56 Å². The fourth-order valence-corrected chi connectivity index (χ4v) is 4.33. The molecule has 0 saturated carbocycles. The van der Waals surface area contributed by atoms with E-state index in [1.54, 1.807) is 0 Å². The molecule has 0 bridgehead atoms. The van der Waals surface area contributed by atoms with Gasteiger partial charge in [0.2, 0.25) is 0 Å². The molecule has 0 spiro atoms. The molecule has 1 aliphatic rings. The van der Waals surface area contributed by atoms with Crippen LogP contribution < -0.4 is 0 Å². The van der Waals surface area contributed by atoms with E-state index < -0.39 is 34.6 Å². The molecular formula is C25H21F5. The lowest BCUT2D eigenvalue weighted by Crippen LogP contribution is -2.18. The van der Waals surface area contributed by atoms with Crippen molar-refractivity contribution in [2.24, 2.45) is 0 Å². The van der Waals surface area contributed by atoms with Gasteiger partial charge in [0, 0.05) is 0 Å². The first kappa shape index (κ1) is 20.6. The molecule has 4 rings (SSSR count). The van der Waals surface area contributed by atoms with Crippen LogP contribution in [0.4, 0.5) is 22.0 Å². The first-order valence-corrected chi connectivity index (χ1v) is 10.1. The molecule has 0 N–H and O–H groups in total. The molecule has 1 aliphatic carbocycles. The highest BCUT2D eigenvalue weighted by Gasteiger charge is 2.31. The van der Waals surface area contributed by atoms with Gasteiger partial charge in [0.05, 0.1) is 5.56 Å². The van der Waals surface area contributed by atoms with E-state index >= 15 is 4.39 Å². The Labute approximate surface area is 172 Å². The summed E-state index contributed by atoms with van der Waals surface area (Å²) in [5.74, 6) is -5.78. The molecule has 3 aromatic rings. The van der Waals surface area contributed by atoms with Gasteiger partial charge < -0.3 is 0 Å². The van der Waals surface area contributed by atoms with Gasteiger partial charge in [-0.2, -0.15) is 0 Å². The zero-order valence-corrected chi connectivity index (χ0v) is 16.5. The predicted molar refractivity (Wildman–Crippen MR) is 107 cm³/mol. The molecular weight excluding hydrogens is 395 g/mol. The number of hydrogen-bond acceptors (Lipinski definition) is 0. The summed E-state index contributed by atoms with van der Waals surface area (Å²) in [6, 6.07) is 10.6. The van der Waals surface area contributed by atoms with Gasteiger partial charge in [-0.3, -0.25) is 0 Å². The second-order valence-corrected chi connectivity index (χ2v) is 7.83. The molecule has 0 aliphatic heterocycles. The summed E-state index contributed by atoms with van der Waals surface area (Å²) in [6.45, 7) is 2.10. The molecule has 0 radical (unpaired) electrons. The Bertz CT molecular complexity index is 1090. The van der Waals surface area contributed by atoms with Gasteiger partial charge in [-0.1, -0.05) is 43.7 Å². The average Bonchev–Trinajstić information content (AvgIpc) is 2.75. The predicted octanol–water partition coefficient (Wildman–Crippen LogP) is 7.27. The van der Waals surface area contributed by atoms with Gasteiger partial charge in [-0.25, -0.2) is 22.0 Å². The molecule has 0 heterocycles. The van der Waals surface area contributed by atoms with E-state index in [9.17, 15) is 17.6 Å². The standard InChI is InChI=1S/C25H21F5/c1-2-3-14-4-6-15(7-5-14)16-8-10-18-19(12-16)24(29)25(30)22(23(18)28)17-9-11-20(26)21(27)13-17/h4-7,9,11,13,16H,2-3,8,10,12H2,1H3. The van der Waals surface area contributed by atoms with Crippen LogP contribution in [-0.2, 0) is 19.3 Å². The lowest BCUT2D eigenvalue weighted by Gasteiger charge is -2.27. The second-order valence-electron chi connectivity index (χ2n) is 7.83. The highest BCUT2D eigenvalue weighted by Crippen LogP contribution is 2.40. The van der Waals surface area contributed by atoms with Gasteiger partial charge in [0.25, 0.3) is 0 Å². The highest BCUT2D eigenvalue weighted by molar-refractivity contribution is 5.67. The van der Waals surface area contributed by atoms with Crippen LogP contribution in [0.3, 0.4) is 0 Å². The maximum absolute atomic E-state index is 15.2. The van der Waals surface area contributed by atoms with Gasteiger partial charge in [0.15, 0.2) is 23.3 Å². The lowest BCUT2D eigenvalue weighted by atomic mass is 9.78. The summed E-state index contributed by atoms with van der Waals surface area (Å²) >= 11 is 0. The Morgan fingerprint density at radius 2 is 1.53 bits per heavy atom. The van der Waals surface area contributed by atoms with Gasteiger partial charge in [0.1, 0.15) is 5.82 Å². The van der Waals surface area contributed by atoms with Crippen LogP contribution in [0, 0.1) is 29.1 Å². The third-order valence-electron chi connectivity index (χ3n) is 5.92. The molecule has 0 nitrogen and oxygen atoms in total. The van der Waals surface area contributed by atoms with E-state index in [4.69, 9.17) is 0 Å². The normalized spacial score (nSPS) is 15.9. The van der Waals surface area contributed by atoms with E-state index in [0.717, 1.165) is 30.5 Å². The minimum absolute atomic E-state index is 0.0319. The van der Waals surface area contributed by atoms with Crippen molar-refractivity contribution in [3.63, 3.8) is 0 Å². The monoisotopic (exact) mass is 416 g/mol. The fraction of sp³-hybridized carbons (Fsp3) is 0.280. The topological polar surface area (TPSA) is 0 Å². The Morgan fingerprint density at radius 3 is 2.20 bits per heavy atom. The van der Waals surface area contributed by atoms with Crippen molar-refractivity contribution in [3.05, 3.63) is 93.8 Å². The maximum Gasteiger partial charge on any atom is 0.169 e. The number of benzene rings is 3. The quantitative estimate of drug-likeness (QED) is 0.310. The molecule has 0 saturated heterocycles. The van der Waals surface area contributed by atoms with E-state index in [-0.39, 0.29) is 35.4 Å². The van der Waals surface area contributed by atoms with Crippen molar-refractivity contribution in [1.82, 2.24) is 0 Å². The minimum Gasteiger partial charge on any atom is -0.206 e. The number of hydrogen-bond donors (Lipinski definition) is 0. The van der Waals surface area contributed by atoms with Crippen molar-refractivity contribution < 1.29 is 22.0 Å². The average molecular weight is 416 g/mol. The Balaban J connectivity index is 1.71. The van der Waals surface area contributed by atoms with Crippen LogP contribution in [0.1, 0.15) is 47.9 Å². The molecule has 5 heteroatoms. The molecule has 156 valence electrons. The summed E-state index contributed by atoms with van der Waals surface area (Å²) in [4.78, 5) is 0. The van der Waals surface area contributed by atoms with Crippen LogP contribution in [-0.4, -0.2) is 0 Å². The fourth-order valence-electron chi connectivity index (χ4n) is 4.33. The van der Waals surface area contributed by atoms with Crippen molar-refractivity contribution in [1.29, 1.82) is 0 Å². The number of halogens is 5. The molecule has 3 aromatic carbocycles. The first-order chi connectivity index (χ1) is 14.4. The van der Waals surface area contributed by atoms with Crippen molar-refractivity contribution in [2.45, 2.75) is 44.9 Å². The summed E-state index contributed by atoms with van der Waals surface area (Å²) in [5.41, 5.74) is 1.52. The smallest absolute Gasteiger partial charge is 0.169 e. The maximum atomic E-state index is 15.2. The summed E-state index contributed by atoms with van der Waals surface area (Å²) < 4.78 is 71.7.